The number of rotatable bonds is 7. The lowest BCUT2D eigenvalue weighted by molar-refractivity contribution is -0.384. The summed E-state index contributed by atoms with van der Waals surface area (Å²) in [6.07, 6.45) is 0.183. The standard InChI is InChI=1S/C13H14BrN3O4/c1-21-8-7-16(6-2-5-15)13(18)11-9-10(17(19)20)3-4-12(11)14/h3-4,9H,2,6-8H2,1H3. The molecular formula is C13H14BrN3O4. The summed E-state index contributed by atoms with van der Waals surface area (Å²) < 4.78 is 5.40. The van der Waals surface area contributed by atoms with Crippen molar-refractivity contribution in [3.63, 3.8) is 0 Å². The molecule has 0 heterocycles. The Morgan fingerprint density at radius 1 is 1.52 bits per heavy atom. The van der Waals surface area contributed by atoms with Crippen LogP contribution in [0.25, 0.3) is 0 Å². The van der Waals surface area contributed by atoms with E-state index in [0.717, 1.165) is 0 Å². The van der Waals surface area contributed by atoms with Gasteiger partial charge in [0, 0.05) is 36.8 Å². The number of hydrogen-bond acceptors (Lipinski definition) is 5. The maximum atomic E-state index is 12.5. The number of halogens is 1. The Bertz CT molecular complexity index is 571. The van der Waals surface area contributed by atoms with Gasteiger partial charge in [-0.05, 0) is 22.0 Å². The van der Waals surface area contributed by atoms with Crippen LogP contribution in [0.4, 0.5) is 5.69 Å². The highest BCUT2D eigenvalue weighted by Gasteiger charge is 2.20. The maximum Gasteiger partial charge on any atom is 0.270 e. The molecule has 0 bridgehead atoms. The second-order valence-corrected chi connectivity index (χ2v) is 4.97. The van der Waals surface area contributed by atoms with Crippen molar-refractivity contribution in [3.05, 3.63) is 38.3 Å². The third-order valence-corrected chi connectivity index (χ3v) is 3.43. The third-order valence-electron chi connectivity index (χ3n) is 2.74. The van der Waals surface area contributed by atoms with Gasteiger partial charge in [0.15, 0.2) is 0 Å². The first-order valence-electron chi connectivity index (χ1n) is 6.10. The van der Waals surface area contributed by atoms with Gasteiger partial charge in [-0.25, -0.2) is 0 Å². The van der Waals surface area contributed by atoms with Gasteiger partial charge in [-0.3, -0.25) is 14.9 Å². The molecule has 0 spiro atoms. The molecule has 0 saturated carbocycles. The summed E-state index contributed by atoms with van der Waals surface area (Å²) in [4.78, 5) is 24.1. The lowest BCUT2D eigenvalue weighted by Crippen LogP contribution is -2.35. The average molecular weight is 356 g/mol. The largest absolute Gasteiger partial charge is 0.383 e. The van der Waals surface area contributed by atoms with E-state index in [1.54, 1.807) is 0 Å². The number of nitrogens with zero attached hydrogens (tertiary/aromatic N) is 3. The van der Waals surface area contributed by atoms with Crippen LogP contribution < -0.4 is 0 Å². The molecule has 1 aromatic rings. The minimum atomic E-state index is -0.558. The molecule has 0 aromatic heterocycles. The SMILES string of the molecule is COCCN(CCC#N)C(=O)c1cc([N+](=O)[O-])ccc1Br. The van der Waals surface area contributed by atoms with Crippen LogP contribution in [0.1, 0.15) is 16.8 Å². The van der Waals surface area contributed by atoms with Gasteiger partial charge >= 0.3 is 0 Å². The normalized spacial score (nSPS) is 9.95. The van der Waals surface area contributed by atoms with Crippen LogP contribution in [0.2, 0.25) is 0 Å². The highest BCUT2D eigenvalue weighted by Crippen LogP contribution is 2.24. The van der Waals surface area contributed by atoms with E-state index in [0.29, 0.717) is 17.6 Å². The number of nitro benzene ring substituents is 1. The Balaban J connectivity index is 3.04. The zero-order valence-corrected chi connectivity index (χ0v) is 13.0. The number of amides is 1. The highest BCUT2D eigenvalue weighted by molar-refractivity contribution is 9.10. The molecule has 0 fully saturated rings. The van der Waals surface area contributed by atoms with Crippen LogP contribution in [0.5, 0.6) is 0 Å². The van der Waals surface area contributed by atoms with Crippen molar-refractivity contribution >= 4 is 27.5 Å². The van der Waals surface area contributed by atoms with E-state index in [9.17, 15) is 14.9 Å². The molecule has 0 radical (unpaired) electrons. The zero-order chi connectivity index (χ0) is 15.8. The Kier molecular flexibility index (Phi) is 6.78. The molecule has 1 rings (SSSR count). The fourth-order valence-electron chi connectivity index (χ4n) is 1.66. The summed E-state index contributed by atoms with van der Waals surface area (Å²) in [5.74, 6) is -0.377. The number of carbonyl (C=O) groups is 1. The molecule has 1 aromatic carbocycles. The summed E-state index contributed by atoms with van der Waals surface area (Å²) in [5, 5.41) is 19.4. The predicted molar refractivity (Wildman–Crippen MR) is 78.8 cm³/mol. The van der Waals surface area contributed by atoms with Gasteiger partial charge in [-0.15, -0.1) is 0 Å². The minimum Gasteiger partial charge on any atom is -0.383 e. The van der Waals surface area contributed by atoms with Crippen LogP contribution in [0.15, 0.2) is 22.7 Å². The van der Waals surface area contributed by atoms with Gasteiger partial charge in [-0.1, -0.05) is 0 Å². The van der Waals surface area contributed by atoms with Gasteiger partial charge in [0.2, 0.25) is 0 Å². The van der Waals surface area contributed by atoms with Crippen LogP contribution in [-0.4, -0.2) is 42.5 Å². The van der Waals surface area contributed by atoms with E-state index in [1.807, 2.05) is 6.07 Å². The van der Waals surface area contributed by atoms with Crippen molar-refractivity contribution in [2.45, 2.75) is 6.42 Å². The second-order valence-electron chi connectivity index (χ2n) is 4.11. The summed E-state index contributed by atoms with van der Waals surface area (Å²) in [6, 6.07) is 5.97. The van der Waals surface area contributed by atoms with Crippen molar-refractivity contribution in [1.82, 2.24) is 4.90 Å². The molecular weight excluding hydrogens is 342 g/mol. The number of methoxy groups -OCH3 is 1. The summed E-state index contributed by atoms with van der Waals surface area (Å²) in [7, 11) is 1.51. The molecule has 7 nitrogen and oxygen atoms in total. The first-order chi connectivity index (χ1) is 10.0. The first-order valence-corrected chi connectivity index (χ1v) is 6.89. The van der Waals surface area contributed by atoms with E-state index >= 15 is 0 Å². The number of nitriles is 1. The zero-order valence-electron chi connectivity index (χ0n) is 11.4. The van der Waals surface area contributed by atoms with Crippen LogP contribution in [0, 0.1) is 21.4 Å². The number of nitro groups is 1. The molecule has 0 unspecified atom stereocenters. The quantitative estimate of drug-likeness (QED) is 0.552. The number of benzene rings is 1. The molecule has 8 heteroatoms. The van der Waals surface area contributed by atoms with Crippen LogP contribution in [0.3, 0.4) is 0 Å². The van der Waals surface area contributed by atoms with E-state index in [1.165, 1.54) is 30.2 Å². The first kappa shape index (κ1) is 17.1. The fraction of sp³-hybridized carbons (Fsp3) is 0.385. The maximum absolute atomic E-state index is 12.5. The summed E-state index contributed by atoms with van der Waals surface area (Å²) in [6.45, 7) is 0.879. The van der Waals surface area contributed by atoms with Gasteiger partial charge < -0.3 is 9.64 Å². The van der Waals surface area contributed by atoms with Crippen molar-refractivity contribution < 1.29 is 14.5 Å². The van der Waals surface area contributed by atoms with Crippen molar-refractivity contribution in [1.29, 1.82) is 5.26 Å². The van der Waals surface area contributed by atoms with Gasteiger partial charge in [0.05, 0.1) is 29.6 Å². The van der Waals surface area contributed by atoms with Gasteiger partial charge in [0.1, 0.15) is 0 Å². The molecule has 0 saturated heterocycles. The predicted octanol–water partition coefficient (Wildman–Crippen LogP) is 2.36. The number of carbonyl (C=O) groups excluding carboxylic acids is 1. The van der Waals surface area contributed by atoms with Crippen LogP contribution >= 0.6 is 15.9 Å². The fourth-order valence-corrected chi connectivity index (χ4v) is 2.08. The minimum absolute atomic E-state index is 0.159. The Morgan fingerprint density at radius 2 is 2.24 bits per heavy atom. The lowest BCUT2D eigenvalue weighted by Gasteiger charge is -2.21. The van der Waals surface area contributed by atoms with Crippen molar-refractivity contribution in [2.75, 3.05) is 26.8 Å². The van der Waals surface area contributed by atoms with E-state index in [-0.39, 0.29) is 30.1 Å². The van der Waals surface area contributed by atoms with E-state index in [4.69, 9.17) is 10.00 Å². The molecule has 0 aliphatic heterocycles. The van der Waals surface area contributed by atoms with Crippen molar-refractivity contribution in [3.8, 4) is 6.07 Å². The summed E-state index contributed by atoms with van der Waals surface area (Å²) >= 11 is 3.22. The molecule has 112 valence electrons. The Morgan fingerprint density at radius 3 is 2.81 bits per heavy atom. The molecule has 0 N–H and O–H groups in total. The van der Waals surface area contributed by atoms with Crippen molar-refractivity contribution in [2.24, 2.45) is 0 Å². The number of ether oxygens (including phenoxy) is 1. The molecule has 0 aliphatic rings. The lowest BCUT2D eigenvalue weighted by atomic mass is 10.1. The number of non-ortho nitro benzene ring substituents is 1. The molecule has 0 atom stereocenters. The second kappa shape index (κ2) is 8.34. The van der Waals surface area contributed by atoms with Gasteiger partial charge in [0.25, 0.3) is 11.6 Å². The Labute approximate surface area is 130 Å². The van der Waals surface area contributed by atoms with Crippen LogP contribution in [-0.2, 0) is 4.74 Å². The topological polar surface area (TPSA) is 96.5 Å². The summed E-state index contributed by atoms with van der Waals surface area (Å²) in [5.41, 5.74) is 0.0340. The Hall–Kier alpha value is -1.98. The smallest absolute Gasteiger partial charge is 0.270 e. The number of hydrogen-bond donors (Lipinski definition) is 0. The third kappa shape index (κ3) is 4.81. The molecule has 0 aliphatic carbocycles. The van der Waals surface area contributed by atoms with E-state index in [2.05, 4.69) is 15.9 Å². The monoisotopic (exact) mass is 355 g/mol. The molecule has 1 amide bonds. The average Bonchev–Trinajstić information content (AvgIpc) is 2.47. The van der Waals surface area contributed by atoms with Gasteiger partial charge in [-0.2, -0.15) is 5.26 Å². The van der Waals surface area contributed by atoms with E-state index < -0.39 is 4.92 Å². The highest BCUT2D eigenvalue weighted by atomic mass is 79.9. The molecule has 21 heavy (non-hydrogen) atoms.